The van der Waals surface area contributed by atoms with Crippen LogP contribution in [0.3, 0.4) is 0 Å². The van der Waals surface area contributed by atoms with E-state index < -0.39 is 52.6 Å². The Kier molecular flexibility index (Phi) is 6.85. The highest BCUT2D eigenvalue weighted by Crippen LogP contribution is 2.64. The summed E-state index contributed by atoms with van der Waals surface area (Å²) >= 11 is 6.06. The van der Waals surface area contributed by atoms with E-state index in [9.17, 15) is 28.7 Å². The number of phenols is 1. The smallest absolute Gasteiger partial charge is 0.241 e. The molecule has 10 heteroatoms. The lowest BCUT2D eigenvalue weighted by atomic mass is 9.51. The summed E-state index contributed by atoms with van der Waals surface area (Å²) in [6.45, 7) is 1.86. The fourth-order valence-corrected chi connectivity index (χ4v) is 8.29. The minimum Gasteiger partial charge on any atom is -0.508 e. The number of phenolic OH excluding ortho intramolecular Hbond substituents is 1. The van der Waals surface area contributed by atoms with Gasteiger partial charge in [0.2, 0.25) is 23.6 Å². The van der Waals surface area contributed by atoms with Crippen LogP contribution in [-0.2, 0) is 25.7 Å². The Balaban J connectivity index is 1.35. The number of ether oxygens (including phenoxy) is 1. The number of likely N-dealkylation sites (tertiary alicyclic amines) is 1. The first-order chi connectivity index (χ1) is 21.6. The van der Waals surface area contributed by atoms with E-state index in [0.717, 1.165) is 22.1 Å². The van der Waals surface area contributed by atoms with E-state index in [4.69, 9.17) is 16.3 Å². The van der Waals surface area contributed by atoms with Crippen molar-refractivity contribution in [3.05, 3.63) is 100 Å². The van der Waals surface area contributed by atoms with Crippen LogP contribution >= 0.6 is 11.6 Å². The fourth-order valence-electron chi connectivity index (χ4n) is 8.11. The minimum absolute atomic E-state index is 0.119. The maximum absolute atomic E-state index is 14.5. The third-order valence-electron chi connectivity index (χ3n) is 10.3. The summed E-state index contributed by atoms with van der Waals surface area (Å²) in [7, 11) is 1.47. The minimum atomic E-state index is -1.37. The van der Waals surface area contributed by atoms with Gasteiger partial charge in [-0.1, -0.05) is 59.6 Å². The molecule has 1 saturated carbocycles. The van der Waals surface area contributed by atoms with E-state index in [0.29, 0.717) is 17.7 Å². The van der Waals surface area contributed by atoms with Gasteiger partial charge in [0.1, 0.15) is 17.3 Å². The van der Waals surface area contributed by atoms with Gasteiger partial charge in [-0.25, -0.2) is 9.29 Å². The molecule has 4 aliphatic rings. The maximum Gasteiger partial charge on any atom is 0.241 e. The zero-order chi connectivity index (χ0) is 31.8. The lowest BCUT2D eigenvalue weighted by Gasteiger charge is -2.49. The number of anilines is 1. The molecule has 0 radical (unpaired) electrons. The third-order valence-corrected chi connectivity index (χ3v) is 10.5. The van der Waals surface area contributed by atoms with E-state index in [1.54, 1.807) is 19.1 Å². The summed E-state index contributed by atoms with van der Waals surface area (Å²) in [6, 6.07) is 17.8. The van der Waals surface area contributed by atoms with Crippen molar-refractivity contribution >= 4 is 40.9 Å². The number of halogens is 2. The van der Waals surface area contributed by atoms with Gasteiger partial charge in [0.25, 0.3) is 0 Å². The molecule has 230 valence electrons. The monoisotopic (exact) mass is 628 g/mol. The first-order valence-corrected chi connectivity index (χ1v) is 15.2. The third kappa shape index (κ3) is 4.24. The van der Waals surface area contributed by atoms with E-state index in [1.807, 2.05) is 36.4 Å². The van der Waals surface area contributed by atoms with E-state index in [2.05, 4.69) is 0 Å². The average Bonchev–Trinajstić information content (AvgIpc) is 3.39. The first kappa shape index (κ1) is 29.2. The van der Waals surface area contributed by atoms with Crippen molar-refractivity contribution in [3.63, 3.8) is 0 Å². The van der Waals surface area contributed by atoms with Crippen molar-refractivity contribution in [2.75, 3.05) is 12.0 Å². The quantitative estimate of drug-likeness (QED) is 0.290. The number of hydrogen-bond donors (Lipinski definition) is 1. The van der Waals surface area contributed by atoms with Crippen LogP contribution in [-0.4, -0.2) is 40.7 Å². The van der Waals surface area contributed by atoms with Crippen LogP contribution in [0.4, 0.5) is 10.1 Å². The molecule has 3 aromatic rings. The highest BCUT2D eigenvalue weighted by atomic mass is 35.5. The van der Waals surface area contributed by atoms with Crippen LogP contribution in [0.2, 0.25) is 5.02 Å². The summed E-state index contributed by atoms with van der Waals surface area (Å²) < 4.78 is 19.4. The van der Waals surface area contributed by atoms with Gasteiger partial charge < -0.3 is 9.84 Å². The Labute approximate surface area is 264 Å². The molecule has 45 heavy (non-hydrogen) atoms. The van der Waals surface area contributed by atoms with Gasteiger partial charge in [-0.2, -0.15) is 0 Å². The molecule has 2 aliphatic heterocycles. The van der Waals surface area contributed by atoms with Crippen LogP contribution in [0.25, 0.3) is 0 Å². The summed E-state index contributed by atoms with van der Waals surface area (Å²) in [5, 5.41) is 11.1. The van der Waals surface area contributed by atoms with Crippen LogP contribution in [0.15, 0.2) is 78.4 Å². The average molecular weight is 629 g/mol. The number of amides is 4. The van der Waals surface area contributed by atoms with Gasteiger partial charge in [0.05, 0.1) is 47.5 Å². The van der Waals surface area contributed by atoms with Crippen molar-refractivity contribution < 1.29 is 33.4 Å². The second-order valence-electron chi connectivity index (χ2n) is 12.4. The summed E-state index contributed by atoms with van der Waals surface area (Å²) in [5.74, 6) is -5.49. The molecule has 8 nitrogen and oxygen atoms in total. The number of aromatic hydroxyl groups is 1. The molecule has 0 bridgehead atoms. The highest BCUT2D eigenvalue weighted by molar-refractivity contribution is 6.31. The zero-order valence-corrected chi connectivity index (χ0v) is 25.3. The normalized spacial score (nSPS) is 29.0. The Hall–Kier alpha value is -4.50. The molecule has 4 amide bonds. The van der Waals surface area contributed by atoms with Crippen molar-refractivity contribution in [2.24, 2.45) is 29.1 Å². The van der Waals surface area contributed by atoms with Gasteiger partial charge in [-0.3, -0.25) is 24.1 Å². The Bertz CT molecular complexity index is 1810. The van der Waals surface area contributed by atoms with Gasteiger partial charge in [-0.05, 0) is 55.5 Å². The number of carbonyl (C=O) groups is 4. The topological polar surface area (TPSA) is 104 Å². The molecule has 0 spiro atoms. The van der Waals surface area contributed by atoms with Crippen molar-refractivity contribution in [1.29, 1.82) is 0 Å². The zero-order valence-electron chi connectivity index (χ0n) is 24.6. The van der Waals surface area contributed by atoms with Crippen molar-refractivity contribution in [3.8, 4) is 11.5 Å². The SMILES string of the molecule is COc1ccc(C2C3=CCC4C(=O)N(Cc5ccccc5)C(=O)C4C3CC3C(=O)N(c4ccc(F)c(Cl)c4)C(=O)C32C)c(O)c1. The Morgan fingerprint density at radius 3 is 2.42 bits per heavy atom. The number of hydrogen-bond acceptors (Lipinski definition) is 6. The lowest BCUT2D eigenvalue weighted by molar-refractivity contribution is -0.141. The first-order valence-electron chi connectivity index (χ1n) is 14.9. The second-order valence-corrected chi connectivity index (χ2v) is 12.8. The number of benzene rings is 3. The molecule has 2 aliphatic carbocycles. The lowest BCUT2D eigenvalue weighted by Crippen LogP contribution is -2.48. The molecule has 6 unspecified atom stereocenters. The fraction of sp³-hybridized carbons (Fsp3) is 0.314. The van der Waals surface area contributed by atoms with E-state index >= 15 is 0 Å². The number of nitrogens with zero attached hydrogens (tertiary/aromatic N) is 2. The molecule has 3 fully saturated rings. The van der Waals surface area contributed by atoms with Crippen molar-refractivity contribution in [1.82, 2.24) is 4.90 Å². The van der Waals surface area contributed by atoms with Crippen LogP contribution in [0, 0.1) is 34.9 Å². The molecule has 3 aromatic carbocycles. The van der Waals surface area contributed by atoms with Gasteiger partial charge in [-0.15, -0.1) is 0 Å². The molecule has 0 aromatic heterocycles. The number of imide groups is 2. The molecule has 2 heterocycles. The highest BCUT2D eigenvalue weighted by Gasteiger charge is 2.67. The summed E-state index contributed by atoms with van der Waals surface area (Å²) in [6.07, 6.45) is 2.37. The van der Waals surface area contributed by atoms with Gasteiger partial charge >= 0.3 is 0 Å². The standard InChI is InChI=1S/C35H30ClFN2O6/c1-35-25(32(42)39(34(35)44)19-8-13-27(37)26(36)14-19)16-24-21(30(35)22-10-9-20(45-2)15-28(22)40)11-12-23-29(24)33(43)38(31(23)41)17-18-6-4-3-5-7-18/h3-11,13-15,23-25,29-30,40H,12,16-17H2,1-2H3. The Morgan fingerprint density at radius 1 is 0.978 bits per heavy atom. The number of rotatable bonds is 5. The van der Waals surface area contributed by atoms with Crippen LogP contribution in [0.5, 0.6) is 11.5 Å². The largest absolute Gasteiger partial charge is 0.508 e. The maximum atomic E-state index is 14.5. The Morgan fingerprint density at radius 2 is 1.73 bits per heavy atom. The molecule has 2 saturated heterocycles. The van der Waals surface area contributed by atoms with Crippen molar-refractivity contribution in [2.45, 2.75) is 32.2 Å². The molecular weight excluding hydrogens is 599 g/mol. The van der Waals surface area contributed by atoms with Gasteiger partial charge in [0.15, 0.2) is 0 Å². The predicted octanol–water partition coefficient (Wildman–Crippen LogP) is 5.62. The number of allylic oxidation sites excluding steroid dienone is 2. The number of methoxy groups -OCH3 is 1. The predicted molar refractivity (Wildman–Crippen MR) is 163 cm³/mol. The number of carbonyl (C=O) groups excluding carboxylic acids is 4. The molecular formula is C35H30ClFN2O6. The molecule has 6 atom stereocenters. The van der Waals surface area contributed by atoms with Crippen LogP contribution < -0.4 is 9.64 Å². The summed E-state index contributed by atoms with van der Waals surface area (Å²) in [5.41, 5.74) is 0.761. The van der Waals surface area contributed by atoms with E-state index in [1.165, 1.54) is 30.2 Å². The molecule has 1 N–H and O–H groups in total. The van der Waals surface area contributed by atoms with E-state index in [-0.39, 0.29) is 41.2 Å². The number of fused-ring (bicyclic) bond motifs is 4. The van der Waals surface area contributed by atoms with Crippen LogP contribution in [0.1, 0.15) is 36.8 Å². The van der Waals surface area contributed by atoms with Gasteiger partial charge in [0, 0.05) is 17.5 Å². The second kappa shape index (κ2) is 10.5. The molecule has 7 rings (SSSR count). The summed E-state index contributed by atoms with van der Waals surface area (Å²) in [4.78, 5) is 58.8.